The van der Waals surface area contributed by atoms with E-state index < -0.39 is 0 Å². The molecule has 0 aliphatic rings. The Labute approximate surface area is 148 Å². The largest absolute Gasteiger partial charge is 0.488 e. The summed E-state index contributed by atoms with van der Waals surface area (Å²) in [6.07, 6.45) is 0. The van der Waals surface area contributed by atoms with E-state index in [9.17, 15) is 0 Å². The van der Waals surface area contributed by atoms with Crippen molar-refractivity contribution in [2.24, 2.45) is 0 Å². The number of aliphatic hydroxyl groups is 1. The molecule has 0 bridgehead atoms. The van der Waals surface area contributed by atoms with Gasteiger partial charge in [-0.05, 0) is 30.3 Å². The molecule has 0 saturated carbocycles. The van der Waals surface area contributed by atoms with Crippen LogP contribution >= 0.6 is 39.1 Å². The zero-order valence-electron chi connectivity index (χ0n) is 11.8. The van der Waals surface area contributed by atoms with Gasteiger partial charge < -0.3 is 15.2 Å². The van der Waals surface area contributed by atoms with Crippen LogP contribution in [0.2, 0.25) is 10.0 Å². The molecule has 0 atom stereocenters. The van der Waals surface area contributed by atoms with Gasteiger partial charge in [0.25, 0.3) is 0 Å². The molecular weight excluding hydrogens is 389 g/mol. The zero-order valence-corrected chi connectivity index (χ0v) is 14.9. The van der Waals surface area contributed by atoms with E-state index in [1.165, 1.54) is 0 Å². The van der Waals surface area contributed by atoms with Crippen LogP contribution in [-0.4, -0.2) is 18.3 Å². The summed E-state index contributed by atoms with van der Waals surface area (Å²) in [7, 11) is 0. The molecular formula is C16H16BrCl2NO2. The van der Waals surface area contributed by atoms with Crippen LogP contribution in [-0.2, 0) is 13.2 Å². The third-order valence-corrected chi connectivity index (χ3v) is 4.26. The summed E-state index contributed by atoms with van der Waals surface area (Å²) in [5.41, 5.74) is 1.76. The molecule has 2 N–H and O–H groups in total. The maximum Gasteiger partial charge on any atom is 0.124 e. The molecule has 0 aliphatic heterocycles. The highest BCUT2D eigenvalue weighted by atomic mass is 79.9. The van der Waals surface area contributed by atoms with Crippen molar-refractivity contribution < 1.29 is 9.84 Å². The molecule has 0 heterocycles. The number of rotatable bonds is 7. The Morgan fingerprint density at radius 2 is 1.86 bits per heavy atom. The van der Waals surface area contributed by atoms with E-state index in [0.717, 1.165) is 21.3 Å². The lowest BCUT2D eigenvalue weighted by Crippen LogP contribution is -2.18. The predicted molar refractivity (Wildman–Crippen MR) is 93.7 cm³/mol. The van der Waals surface area contributed by atoms with Crippen LogP contribution in [0.3, 0.4) is 0 Å². The minimum absolute atomic E-state index is 0.0967. The minimum Gasteiger partial charge on any atom is -0.488 e. The van der Waals surface area contributed by atoms with Crippen LogP contribution in [0, 0.1) is 0 Å². The number of aliphatic hydroxyl groups excluding tert-OH is 1. The average molecular weight is 405 g/mol. The normalized spacial score (nSPS) is 10.7. The zero-order chi connectivity index (χ0) is 15.9. The van der Waals surface area contributed by atoms with E-state index in [2.05, 4.69) is 21.2 Å². The van der Waals surface area contributed by atoms with Crippen LogP contribution < -0.4 is 10.1 Å². The molecule has 2 aromatic carbocycles. The number of hydrogen-bond donors (Lipinski definition) is 2. The summed E-state index contributed by atoms with van der Waals surface area (Å²) in [4.78, 5) is 0. The highest BCUT2D eigenvalue weighted by Gasteiger charge is 2.09. The van der Waals surface area contributed by atoms with E-state index in [0.29, 0.717) is 29.7 Å². The highest BCUT2D eigenvalue weighted by Crippen LogP contribution is 2.28. The summed E-state index contributed by atoms with van der Waals surface area (Å²) >= 11 is 15.8. The molecule has 0 spiro atoms. The van der Waals surface area contributed by atoms with Gasteiger partial charge in [0.1, 0.15) is 12.4 Å². The lowest BCUT2D eigenvalue weighted by Gasteiger charge is -2.14. The lowest BCUT2D eigenvalue weighted by molar-refractivity contribution is 0.288. The molecule has 0 fully saturated rings. The second-order valence-electron chi connectivity index (χ2n) is 4.64. The van der Waals surface area contributed by atoms with Crippen molar-refractivity contribution in [1.29, 1.82) is 0 Å². The van der Waals surface area contributed by atoms with Crippen molar-refractivity contribution in [3.05, 3.63) is 62.0 Å². The van der Waals surface area contributed by atoms with Crippen LogP contribution in [0.15, 0.2) is 40.9 Å². The summed E-state index contributed by atoms with van der Waals surface area (Å²) in [5.74, 6) is 0.754. The first-order chi connectivity index (χ1) is 10.6. The fraction of sp³-hybridized carbons (Fsp3) is 0.250. The number of nitrogens with one attached hydrogen (secondary N) is 1. The smallest absolute Gasteiger partial charge is 0.124 e. The summed E-state index contributed by atoms with van der Waals surface area (Å²) in [5, 5.41) is 13.2. The monoisotopic (exact) mass is 403 g/mol. The maximum absolute atomic E-state index is 8.85. The Balaban J connectivity index is 2.12. The van der Waals surface area contributed by atoms with Crippen molar-refractivity contribution >= 4 is 39.1 Å². The van der Waals surface area contributed by atoms with Crippen molar-refractivity contribution in [2.75, 3.05) is 13.2 Å². The van der Waals surface area contributed by atoms with Gasteiger partial charge >= 0.3 is 0 Å². The fourth-order valence-corrected chi connectivity index (χ4v) is 2.86. The molecule has 0 aromatic heterocycles. The fourth-order valence-electron chi connectivity index (χ4n) is 1.95. The van der Waals surface area contributed by atoms with E-state index in [1.54, 1.807) is 18.2 Å². The van der Waals surface area contributed by atoms with Gasteiger partial charge in [0.15, 0.2) is 0 Å². The summed E-state index contributed by atoms with van der Waals surface area (Å²) in [6.45, 7) is 1.53. The SMILES string of the molecule is OCCNCc1cc(Br)ccc1OCc1c(Cl)cccc1Cl. The number of ether oxygens (including phenoxy) is 1. The van der Waals surface area contributed by atoms with Gasteiger partial charge in [-0.2, -0.15) is 0 Å². The second kappa shape index (κ2) is 8.75. The second-order valence-corrected chi connectivity index (χ2v) is 6.37. The Morgan fingerprint density at radius 1 is 1.14 bits per heavy atom. The van der Waals surface area contributed by atoms with Crippen molar-refractivity contribution in [1.82, 2.24) is 5.32 Å². The van der Waals surface area contributed by atoms with Crippen LogP contribution in [0.25, 0.3) is 0 Å². The number of hydrogen-bond acceptors (Lipinski definition) is 3. The highest BCUT2D eigenvalue weighted by molar-refractivity contribution is 9.10. The molecule has 22 heavy (non-hydrogen) atoms. The topological polar surface area (TPSA) is 41.5 Å². The standard InChI is InChI=1S/C16H16BrCl2NO2/c17-12-4-5-16(11(8-12)9-20-6-7-21)22-10-13-14(18)2-1-3-15(13)19/h1-5,8,20-21H,6-7,9-10H2. The predicted octanol–water partition coefficient (Wildman–Crippen LogP) is 4.42. The first kappa shape index (κ1) is 17.6. The summed E-state index contributed by atoms with van der Waals surface area (Å²) in [6, 6.07) is 11.2. The molecule has 0 saturated heterocycles. The van der Waals surface area contributed by atoms with E-state index in [1.807, 2.05) is 18.2 Å². The molecule has 0 unspecified atom stereocenters. The number of halogens is 3. The Morgan fingerprint density at radius 3 is 2.55 bits per heavy atom. The first-order valence-corrected chi connectivity index (χ1v) is 8.32. The van der Waals surface area contributed by atoms with Gasteiger partial charge in [-0.15, -0.1) is 0 Å². The van der Waals surface area contributed by atoms with Crippen LogP contribution in [0.1, 0.15) is 11.1 Å². The molecule has 6 heteroatoms. The van der Waals surface area contributed by atoms with E-state index >= 15 is 0 Å². The quantitative estimate of drug-likeness (QED) is 0.671. The summed E-state index contributed by atoms with van der Waals surface area (Å²) < 4.78 is 6.85. The van der Waals surface area contributed by atoms with Gasteiger partial charge in [0.2, 0.25) is 0 Å². The minimum atomic E-state index is 0.0967. The molecule has 3 nitrogen and oxygen atoms in total. The molecule has 0 aliphatic carbocycles. The van der Waals surface area contributed by atoms with Gasteiger partial charge in [0.05, 0.1) is 6.61 Å². The average Bonchev–Trinajstić information content (AvgIpc) is 2.49. The molecule has 2 aromatic rings. The van der Waals surface area contributed by atoms with Crippen molar-refractivity contribution in [3.63, 3.8) is 0 Å². The number of benzene rings is 2. The van der Waals surface area contributed by atoms with Gasteiger partial charge in [-0.3, -0.25) is 0 Å². The van der Waals surface area contributed by atoms with Gasteiger partial charge in [-0.1, -0.05) is 45.2 Å². The first-order valence-electron chi connectivity index (χ1n) is 6.77. The third kappa shape index (κ3) is 4.86. The van der Waals surface area contributed by atoms with Crippen molar-refractivity contribution in [3.8, 4) is 5.75 Å². The molecule has 0 amide bonds. The van der Waals surface area contributed by atoms with Gasteiger partial charge in [0, 0.05) is 38.7 Å². The third-order valence-electron chi connectivity index (χ3n) is 3.06. The van der Waals surface area contributed by atoms with Crippen LogP contribution in [0.4, 0.5) is 0 Å². The van der Waals surface area contributed by atoms with Crippen LogP contribution in [0.5, 0.6) is 5.75 Å². The van der Waals surface area contributed by atoms with Crippen molar-refractivity contribution in [2.45, 2.75) is 13.2 Å². The molecule has 2 rings (SSSR count). The molecule has 0 radical (unpaired) electrons. The maximum atomic E-state index is 8.85. The van der Waals surface area contributed by atoms with E-state index in [4.69, 9.17) is 33.0 Å². The lowest BCUT2D eigenvalue weighted by atomic mass is 10.2. The Bertz CT molecular complexity index is 617. The van der Waals surface area contributed by atoms with Gasteiger partial charge in [-0.25, -0.2) is 0 Å². The Hall–Kier alpha value is -0.780. The molecule has 118 valence electrons. The van der Waals surface area contributed by atoms with E-state index in [-0.39, 0.29) is 6.61 Å². The Kier molecular flexibility index (Phi) is 6.99.